The smallest absolute Gasteiger partial charge is 0.164 e. The topological polar surface area (TPSA) is 50.1 Å². The van der Waals surface area contributed by atoms with E-state index in [1.807, 2.05) is 60.7 Å². The van der Waals surface area contributed by atoms with Crippen LogP contribution in [0.15, 0.2) is 224 Å². The van der Waals surface area contributed by atoms with E-state index >= 15 is 0 Å². The molecular formula is C59H48N6. The van der Waals surface area contributed by atoms with E-state index in [9.17, 15) is 0 Å². The lowest BCUT2D eigenvalue weighted by atomic mass is 10.0. The third-order valence-corrected chi connectivity index (χ3v) is 11.9. The molecule has 6 heteroatoms. The Morgan fingerprint density at radius 1 is 0.446 bits per heavy atom. The van der Waals surface area contributed by atoms with Gasteiger partial charge in [0.1, 0.15) is 0 Å². The monoisotopic (exact) mass is 840 g/mol. The number of allylic oxidation sites excluding steroid dienone is 3. The fourth-order valence-electron chi connectivity index (χ4n) is 8.84. The quantitative estimate of drug-likeness (QED) is 0.121. The SMILES string of the molecule is C/C=C\C(=C/C)N(c1ccccc1)c1ccc2c(c1)c1cc(N(c3ccccc3)c3ccccc3)ccc1n2-c1cc(C)c(-c2nc(-c3ccccc3)nc(-c3ccccc3)n2)cc1C. The van der Waals surface area contributed by atoms with Gasteiger partial charge in [-0.1, -0.05) is 127 Å². The van der Waals surface area contributed by atoms with Gasteiger partial charge in [-0.3, -0.25) is 0 Å². The summed E-state index contributed by atoms with van der Waals surface area (Å²) in [6, 6.07) is 70.4. The highest BCUT2D eigenvalue weighted by molar-refractivity contribution is 6.12. The first kappa shape index (κ1) is 40.7. The van der Waals surface area contributed by atoms with Crippen LogP contribution in [0.2, 0.25) is 0 Å². The van der Waals surface area contributed by atoms with Crippen LogP contribution in [-0.2, 0) is 0 Å². The number of fused-ring (bicyclic) bond motifs is 3. The highest BCUT2D eigenvalue weighted by atomic mass is 15.2. The number of hydrogen-bond donors (Lipinski definition) is 0. The number of aromatic nitrogens is 4. The maximum absolute atomic E-state index is 5.11. The Hall–Kier alpha value is -8.35. The van der Waals surface area contributed by atoms with Crippen LogP contribution in [0.3, 0.4) is 0 Å². The van der Waals surface area contributed by atoms with Gasteiger partial charge < -0.3 is 14.4 Å². The zero-order valence-corrected chi connectivity index (χ0v) is 37.0. The maximum atomic E-state index is 5.11. The van der Waals surface area contributed by atoms with Crippen LogP contribution in [0.25, 0.3) is 61.7 Å². The molecule has 0 saturated heterocycles. The lowest BCUT2D eigenvalue weighted by Crippen LogP contribution is -2.15. The minimum Gasteiger partial charge on any atom is -0.311 e. The van der Waals surface area contributed by atoms with Crippen molar-refractivity contribution in [2.75, 3.05) is 9.80 Å². The van der Waals surface area contributed by atoms with E-state index in [1.165, 1.54) is 0 Å². The first-order valence-electron chi connectivity index (χ1n) is 22.1. The summed E-state index contributed by atoms with van der Waals surface area (Å²) in [5.41, 5.74) is 14.9. The number of rotatable bonds is 11. The van der Waals surface area contributed by atoms with Crippen molar-refractivity contribution in [3.8, 4) is 39.9 Å². The molecule has 65 heavy (non-hydrogen) atoms. The molecule has 6 nitrogen and oxygen atoms in total. The van der Waals surface area contributed by atoms with Crippen molar-refractivity contribution in [2.45, 2.75) is 27.7 Å². The maximum Gasteiger partial charge on any atom is 0.164 e. The van der Waals surface area contributed by atoms with Crippen LogP contribution in [0.5, 0.6) is 0 Å². The number of hydrogen-bond acceptors (Lipinski definition) is 5. The number of aryl methyl sites for hydroxylation is 2. The number of nitrogens with zero attached hydrogens (tertiary/aromatic N) is 6. The summed E-state index contributed by atoms with van der Waals surface area (Å²) in [4.78, 5) is 19.8. The minimum absolute atomic E-state index is 0.643. The third kappa shape index (κ3) is 7.87. The van der Waals surface area contributed by atoms with Crippen LogP contribution >= 0.6 is 0 Å². The minimum atomic E-state index is 0.643. The van der Waals surface area contributed by atoms with Crippen LogP contribution < -0.4 is 9.80 Å². The molecule has 314 valence electrons. The lowest BCUT2D eigenvalue weighted by molar-refractivity contribution is 1.07. The van der Waals surface area contributed by atoms with Gasteiger partial charge in [0.05, 0.1) is 11.0 Å². The van der Waals surface area contributed by atoms with Crippen molar-refractivity contribution < 1.29 is 0 Å². The molecule has 2 heterocycles. The van der Waals surface area contributed by atoms with Gasteiger partial charge >= 0.3 is 0 Å². The summed E-state index contributed by atoms with van der Waals surface area (Å²) in [6.07, 6.45) is 6.43. The van der Waals surface area contributed by atoms with Crippen LogP contribution in [0.1, 0.15) is 25.0 Å². The van der Waals surface area contributed by atoms with Crippen LogP contribution in [0.4, 0.5) is 28.4 Å². The Labute approximate surface area is 380 Å². The number of benzene rings is 8. The van der Waals surface area contributed by atoms with Crippen molar-refractivity contribution in [1.82, 2.24) is 19.5 Å². The summed E-state index contributed by atoms with van der Waals surface area (Å²) in [6.45, 7) is 8.51. The van der Waals surface area contributed by atoms with Crippen molar-refractivity contribution in [3.05, 3.63) is 235 Å². The molecule has 8 aromatic carbocycles. The molecule has 0 aliphatic heterocycles. The Bertz CT molecular complexity index is 3240. The molecule has 10 aromatic rings. The van der Waals surface area contributed by atoms with Crippen molar-refractivity contribution >= 4 is 50.2 Å². The molecule has 0 amide bonds. The second kappa shape index (κ2) is 17.8. The fraction of sp³-hybridized carbons (Fsp3) is 0.0678. The summed E-state index contributed by atoms with van der Waals surface area (Å²) in [7, 11) is 0. The predicted octanol–water partition coefficient (Wildman–Crippen LogP) is 15.7. The van der Waals surface area contributed by atoms with Crippen molar-refractivity contribution in [2.24, 2.45) is 0 Å². The van der Waals surface area contributed by atoms with E-state index in [0.29, 0.717) is 17.5 Å². The molecule has 0 unspecified atom stereocenters. The highest BCUT2D eigenvalue weighted by Crippen LogP contribution is 2.43. The average molecular weight is 841 g/mol. The number of para-hydroxylation sites is 3. The Morgan fingerprint density at radius 2 is 0.908 bits per heavy atom. The van der Waals surface area contributed by atoms with Gasteiger partial charge in [0.25, 0.3) is 0 Å². The highest BCUT2D eigenvalue weighted by Gasteiger charge is 2.22. The molecule has 0 aliphatic rings. The van der Waals surface area contributed by atoms with Gasteiger partial charge in [0.15, 0.2) is 17.5 Å². The lowest BCUT2D eigenvalue weighted by Gasteiger charge is -2.26. The molecule has 0 bridgehead atoms. The zero-order chi connectivity index (χ0) is 44.3. The summed E-state index contributed by atoms with van der Waals surface area (Å²) in [5, 5.41) is 2.30. The summed E-state index contributed by atoms with van der Waals surface area (Å²) < 4.78 is 2.42. The van der Waals surface area contributed by atoms with Crippen molar-refractivity contribution in [1.29, 1.82) is 0 Å². The Kier molecular flexibility index (Phi) is 11.1. The van der Waals surface area contributed by atoms with E-state index in [-0.39, 0.29) is 0 Å². The van der Waals surface area contributed by atoms with Gasteiger partial charge in [-0.05, 0) is 130 Å². The van der Waals surface area contributed by atoms with E-state index in [0.717, 1.165) is 89.4 Å². The molecule has 0 atom stereocenters. The number of anilines is 5. The van der Waals surface area contributed by atoms with Gasteiger partial charge in [0, 0.05) is 67.3 Å². The van der Waals surface area contributed by atoms with Gasteiger partial charge in [-0.25, -0.2) is 15.0 Å². The Balaban J connectivity index is 1.19. The molecule has 0 N–H and O–H groups in total. The average Bonchev–Trinajstić information content (AvgIpc) is 3.68. The molecule has 0 radical (unpaired) electrons. The van der Waals surface area contributed by atoms with Crippen molar-refractivity contribution in [3.63, 3.8) is 0 Å². The predicted molar refractivity (Wildman–Crippen MR) is 272 cm³/mol. The molecule has 0 saturated carbocycles. The first-order chi connectivity index (χ1) is 32.0. The van der Waals surface area contributed by atoms with E-state index in [2.05, 4.69) is 200 Å². The fourth-order valence-corrected chi connectivity index (χ4v) is 8.84. The summed E-state index contributed by atoms with van der Waals surface area (Å²) in [5.74, 6) is 1.93. The zero-order valence-electron chi connectivity index (χ0n) is 37.0. The molecule has 0 aliphatic carbocycles. The third-order valence-electron chi connectivity index (χ3n) is 11.9. The second-order valence-electron chi connectivity index (χ2n) is 16.1. The largest absolute Gasteiger partial charge is 0.311 e. The van der Waals surface area contributed by atoms with E-state index in [4.69, 9.17) is 15.0 Å². The van der Waals surface area contributed by atoms with Crippen LogP contribution in [0, 0.1) is 13.8 Å². The van der Waals surface area contributed by atoms with Gasteiger partial charge in [-0.2, -0.15) is 0 Å². The Morgan fingerprint density at radius 3 is 1.42 bits per heavy atom. The molecule has 10 rings (SSSR count). The standard InChI is InChI=1S/C59H48N6/c1-5-22-45(6-2)63(46-27-16-9-17-28-46)49-33-35-54-52(39-49)53-40-50(64(47-29-18-10-19-30-47)48-31-20-11-21-32-48)34-36-55(53)65(54)56-38-41(3)51(37-42(56)4)59-61-57(43-23-12-7-13-24-43)60-58(62-59)44-25-14-8-15-26-44/h5-40H,1-4H3/b22-5-,45-6+. The second-order valence-corrected chi connectivity index (χ2v) is 16.1. The molecule has 0 spiro atoms. The van der Waals surface area contributed by atoms with Crippen LogP contribution in [-0.4, -0.2) is 19.5 Å². The normalized spacial score (nSPS) is 11.7. The van der Waals surface area contributed by atoms with E-state index in [1.54, 1.807) is 0 Å². The van der Waals surface area contributed by atoms with Gasteiger partial charge in [0.2, 0.25) is 0 Å². The molecular weight excluding hydrogens is 793 g/mol. The molecule has 0 fully saturated rings. The summed E-state index contributed by atoms with van der Waals surface area (Å²) >= 11 is 0. The first-order valence-corrected chi connectivity index (χ1v) is 22.1. The molecule has 2 aromatic heterocycles. The van der Waals surface area contributed by atoms with E-state index < -0.39 is 0 Å². The van der Waals surface area contributed by atoms with Gasteiger partial charge in [-0.15, -0.1) is 0 Å².